The van der Waals surface area contributed by atoms with Crippen molar-refractivity contribution >= 4 is 5.78 Å². The zero-order valence-corrected chi connectivity index (χ0v) is 11.4. The van der Waals surface area contributed by atoms with Gasteiger partial charge >= 0.3 is 0 Å². The highest BCUT2D eigenvalue weighted by Gasteiger charge is 2.07. The van der Waals surface area contributed by atoms with E-state index < -0.39 is 0 Å². The number of ketones is 1. The highest BCUT2D eigenvalue weighted by atomic mass is 16.5. The first-order valence-electron chi connectivity index (χ1n) is 6.51. The largest absolute Gasteiger partial charge is 0.494 e. The summed E-state index contributed by atoms with van der Waals surface area (Å²) in [6.45, 7) is 6.81. The van der Waals surface area contributed by atoms with Gasteiger partial charge in [-0.2, -0.15) is 0 Å². The Labute approximate surface area is 109 Å². The van der Waals surface area contributed by atoms with Gasteiger partial charge in [0.2, 0.25) is 0 Å². The summed E-state index contributed by atoms with van der Waals surface area (Å²) in [7, 11) is 0. The van der Waals surface area contributed by atoms with E-state index in [-0.39, 0.29) is 18.5 Å². The highest BCUT2D eigenvalue weighted by molar-refractivity contribution is 5.97. The average Bonchev–Trinajstić information content (AvgIpc) is 2.37. The van der Waals surface area contributed by atoms with E-state index in [9.17, 15) is 4.79 Å². The van der Waals surface area contributed by atoms with E-state index in [0.717, 1.165) is 25.2 Å². The van der Waals surface area contributed by atoms with Gasteiger partial charge in [0.05, 0.1) is 12.7 Å². The van der Waals surface area contributed by atoms with Gasteiger partial charge in [0.1, 0.15) is 12.4 Å². The molecule has 0 saturated carbocycles. The minimum atomic E-state index is 0.00353. The van der Waals surface area contributed by atoms with Crippen molar-refractivity contribution in [3.8, 4) is 5.75 Å². The maximum atomic E-state index is 11.8. The molecule has 3 nitrogen and oxygen atoms in total. The molecule has 0 aliphatic rings. The Kier molecular flexibility index (Phi) is 6.44. The molecule has 0 saturated heterocycles. The Morgan fingerprint density at radius 3 is 2.44 bits per heavy atom. The van der Waals surface area contributed by atoms with Crippen LogP contribution < -0.4 is 4.74 Å². The van der Waals surface area contributed by atoms with Crippen LogP contribution in [0.15, 0.2) is 24.3 Å². The van der Waals surface area contributed by atoms with Gasteiger partial charge in [-0.25, -0.2) is 0 Å². The van der Waals surface area contributed by atoms with Crippen LogP contribution in [0.25, 0.3) is 0 Å². The maximum absolute atomic E-state index is 11.8. The number of rotatable bonds is 8. The number of hydrogen-bond acceptors (Lipinski definition) is 3. The van der Waals surface area contributed by atoms with Crippen LogP contribution in [0.4, 0.5) is 0 Å². The second-order valence-corrected chi connectivity index (χ2v) is 4.51. The SMILES string of the molecule is CCCCOc1ccc(C(=O)COC(C)C)cc1. The van der Waals surface area contributed by atoms with Gasteiger partial charge in [-0.1, -0.05) is 13.3 Å². The third-order valence-corrected chi connectivity index (χ3v) is 2.49. The minimum Gasteiger partial charge on any atom is -0.494 e. The fourth-order valence-corrected chi connectivity index (χ4v) is 1.40. The lowest BCUT2D eigenvalue weighted by atomic mass is 10.1. The molecule has 0 N–H and O–H groups in total. The topological polar surface area (TPSA) is 35.5 Å². The molecular formula is C15H22O3. The minimum absolute atomic E-state index is 0.00353. The third kappa shape index (κ3) is 5.32. The van der Waals surface area contributed by atoms with Crippen molar-refractivity contribution in [1.29, 1.82) is 0 Å². The van der Waals surface area contributed by atoms with Gasteiger partial charge in [0, 0.05) is 5.56 Å². The molecule has 18 heavy (non-hydrogen) atoms. The molecule has 0 radical (unpaired) electrons. The van der Waals surface area contributed by atoms with Gasteiger partial charge in [-0.15, -0.1) is 0 Å². The lowest BCUT2D eigenvalue weighted by Crippen LogP contribution is -2.13. The molecule has 0 fully saturated rings. The Morgan fingerprint density at radius 2 is 1.89 bits per heavy atom. The average molecular weight is 250 g/mol. The van der Waals surface area contributed by atoms with Gasteiger partial charge < -0.3 is 9.47 Å². The summed E-state index contributed by atoms with van der Waals surface area (Å²) in [5.74, 6) is 0.814. The zero-order chi connectivity index (χ0) is 13.4. The van der Waals surface area contributed by atoms with Crippen LogP contribution in [0.3, 0.4) is 0 Å². The van der Waals surface area contributed by atoms with Crippen molar-refractivity contribution < 1.29 is 14.3 Å². The van der Waals surface area contributed by atoms with Crippen LogP contribution in [0.1, 0.15) is 44.0 Å². The summed E-state index contributed by atoms with van der Waals surface area (Å²) < 4.78 is 10.8. The van der Waals surface area contributed by atoms with Crippen molar-refractivity contribution in [2.75, 3.05) is 13.2 Å². The van der Waals surface area contributed by atoms with E-state index in [2.05, 4.69) is 6.92 Å². The molecule has 0 aromatic heterocycles. The fraction of sp³-hybridized carbons (Fsp3) is 0.533. The normalized spacial score (nSPS) is 10.7. The van der Waals surface area contributed by atoms with Crippen molar-refractivity contribution in [3.63, 3.8) is 0 Å². The molecule has 0 aliphatic heterocycles. The van der Waals surface area contributed by atoms with Crippen molar-refractivity contribution in [2.45, 2.75) is 39.7 Å². The molecule has 3 heteroatoms. The Balaban J connectivity index is 2.46. The van der Waals surface area contributed by atoms with E-state index in [1.165, 1.54) is 0 Å². The molecule has 1 aromatic rings. The van der Waals surface area contributed by atoms with Crippen LogP contribution in [0.5, 0.6) is 5.75 Å². The summed E-state index contributed by atoms with van der Waals surface area (Å²) in [6.07, 6.45) is 2.23. The van der Waals surface area contributed by atoms with Crippen LogP contribution in [-0.4, -0.2) is 25.1 Å². The van der Waals surface area contributed by atoms with Gasteiger partial charge in [-0.3, -0.25) is 4.79 Å². The summed E-state index contributed by atoms with van der Waals surface area (Å²) in [6, 6.07) is 7.23. The number of carbonyl (C=O) groups excluding carboxylic acids is 1. The monoisotopic (exact) mass is 250 g/mol. The lowest BCUT2D eigenvalue weighted by molar-refractivity contribution is 0.0585. The molecule has 0 aliphatic carbocycles. The van der Waals surface area contributed by atoms with Crippen LogP contribution in [-0.2, 0) is 4.74 Å². The zero-order valence-electron chi connectivity index (χ0n) is 11.4. The molecule has 0 unspecified atom stereocenters. The number of Topliss-reactive ketones (excluding diaryl/α,β-unsaturated/α-hetero) is 1. The number of carbonyl (C=O) groups is 1. The predicted octanol–water partition coefficient (Wildman–Crippen LogP) is 3.47. The van der Waals surface area contributed by atoms with Crippen LogP contribution >= 0.6 is 0 Å². The maximum Gasteiger partial charge on any atom is 0.188 e. The molecule has 0 spiro atoms. The highest BCUT2D eigenvalue weighted by Crippen LogP contribution is 2.13. The first-order valence-corrected chi connectivity index (χ1v) is 6.51. The van der Waals surface area contributed by atoms with Gasteiger partial charge in [0.25, 0.3) is 0 Å². The molecule has 100 valence electrons. The standard InChI is InChI=1S/C15H22O3/c1-4-5-10-17-14-8-6-13(7-9-14)15(16)11-18-12(2)3/h6-9,12H,4-5,10-11H2,1-3H3. The van der Waals surface area contributed by atoms with Gasteiger partial charge in [0.15, 0.2) is 5.78 Å². The second-order valence-electron chi connectivity index (χ2n) is 4.51. The van der Waals surface area contributed by atoms with E-state index in [0.29, 0.717) is 5.56 Å². The quantitative estimate of drug-likeness (QED) is 0.523. The van der Waals surface area contributed by atoms with E-state index in [1.807, 2.05) is 26.0 Å². The first kappa shape index (κ1) is 14.7. The first-order chi connectivity index (χ1) is 8.63. The number of hydrogen-bond donors (Lipinski definition) is 0. The molecule has 1 aromatic carbocycles. The van der Waals surface area contributed by atoms with Crippen molar-refractivity contribution in [1.82, 2.24) is 0 Å². The van der Waals surface area contributed by atoms with Crippen LogP contribution in [0.2, 0.25) is 0 Å². The summed E-state index contributed by atoms with van der Waals surface area (Å²) in [4.78, 5) is 11.8. The Hall–Kier alpha value is -1.35. The fourth-order valence-electron chi connectivity index (χ4n) is 1.40. The van der Waals surface area contributed by atoms with E-state index in [1.54, 1.807) is 12.1 Å². The summed E-state index contributed by atoms with van der Waals surface area (Å²) >= 11 is 0. The molecule has 0 bridgehead atoms. The second kappa shape index (κ2) is 7.88. The smallest absolute Gasteiger partial charge is 0.188 e. The molecule has 1 rings (SSSR count). The lowest BCUT2D eigenvalue weighted by Gasteiger charge is -2.08. The Bertz CT molecular complexity index is 355. The summed E-state index contributed by atoms with van der Waals surface area (Å²) in [5.41, 5.74) is 0.665. The van der Waals surface area contributed by atoms with Crippen LogP contribution in [0, 0.1) is 0 Å². The number of ether oxygens (including phenoxy) is 2. The molecule has 0 amide bonds. The molecule has 0 atom stereocenters. The predicted molar refractivity (Wildman–Crippen MR) is 72.3 cm³/mol. The molecule has 0 heterocycles. The molecular weight excluding hydrogens is 228 g/mol. The van der Waals surface area contributed by atoms with E-state index in [4.69, 9.17) is 9.47 Å². The number of benzene rings is 1. The summed E-state index contributed by atoms with van der Waals surface area (Å²) in [5, 5.41) is 0. The van der Waals surface area contributed by atoms with Crippen molar-refractivity contribution in [3.05, 3.63) is 29.8 Å². The van der Waals surface area contributed by atoms with Gasteiger partial charge in [-0.05, 0) is 44.5 Å². The van der Waals surface area contributed by atoms with Crippen molar-refractivity contribution in [2.24, 2.45) is 0 Å². The number of unbranched alkanes of at least 4 members (excludes halogenated alkanes) is 1. The Morgan fingerprint density at radius 1 is 1.22 bits per heavy atom. The third-order valence-electron chi connectivity index (χ3n) is 2.49. The van der Waals surface area contributed by atoms with E-state index >= 15 is 0 Å².